The Morgan fingerprint density at radius 2 is 1.94 bits per heavy atom. The van der Waals surface area contributed by atoms with Gasteiger partial charge >= 0.3 is 0 Å². The van der Waals surface area contributed by atoms with Crippen LogP contribution in [-0.4, -0.2) is 49.5 Å². The molecule has 3 amide bonds. The summed E-state index contributed by atoms with van der Waals surface area (Å²) < 4.78 is 10.6. The Hall–Kier alpha value is -3.62. The zero-order chi connectivity index (χ0) is 22.4. The van der Waals surface area contributed by atoms with Crippen molar-refractivity contribution in [2.75, 3.05) is 25.7 Å². The monoisotopic (exact) mass is 426 g/mol. The SMILES string of the molecule is COc1ccc(N2CC(C(=O)NC(C)C(=O)NCc3ccncc3)CC2=O)c(OC)c1. The number of hydrogen-bond donors (Lipinski definition) is 2. The van der Waals surface area contributed by atoms with Crippen molar-refractivity contribution in [2.45, 2.75) is 25.9 Å². The molecule has 0 saturated carbocycles. The molecule has 1 fully saturated rings. The number of hydrogen-bond acceptors (Lipinski definition) is 6. The van der Waals surface area contributed by atoms with E-state index in [9.17, 15) is 14.4 Å². The summed E-state index contributed by atoms with van der Waals surface area (Å²) in [7, 11) is 3.06. The Morgan fingerprint density at radius 1 is 1.19 bits per heavy atom. The largest absolute Gasteiger partial charge is 0.497 e. The number of anilines is 1. The van der Waals surface area contributed by atoms with Gasteiger partial charge in [-0.1, -0.05) is 0 Å². The Labute approximate surface area is 180 Å². The summed E-state index contributed by atoms with van der Waals surface area (Å²) in [6, 6.07) is 8.02. The van der Waals surface area contributed by atoms with Crippen molar-refractivity contribution in [2.24, 2.45) is 5.92 Å². The quantitative estimate of drug-likeness (QED) is 0.658. The molecule has 1 aliphatic rings. The van der Waals surface area contributed by atoms with E-state index in [0.29, 0.717) is 23.7 Å². The Balaban J connectivity index is 1.58. The van der Waals surface area contributed by atoms with Gasteiger partial charge in [-0.3, -0.25) is 19.4 Å². The molecule has 0 bridgehead atoms. The molecule has 1 aliphatic heterocycles. The molecule has 164 valence electrons. The van der Waals surface area contributed by atoms with Gasteiger partial charge in [-0.05, 0) is 36.8 Å². The fourth-order valence-corrected chi connectivity index (χ4v) is 3.36. The topological polar surface area (TPSA) is 110 Å². The fraction of sp³-hybridized carbons (Fsp3) is 0.364. The van der Waals surface area contributed by atoms with Crippen molar-refractivity contribution in [1.82, 2.24) is 15.6 Å². The highest BCUT2D eigenvalue weighted by molar-refractivity contribution is 6.02. The van der Waals surface area contributed by atoms with Gasteiger partial charge in [0, 0.05) is 38.0 Å². The number of aromatic nitrogens is 1. The van der Waals surface area contributed by atoms with Crippen LogP contribution in [0, 0.1) is 5.92 Å². The predicted molar refractivity (Wildman–Crippen MR) is 114 cm³/mol. The van der Waals surface area contributed by atoms with E-state index in [4.69, 9.17) is 9.47 Å². The Bertz CT molecular complexity index is 950. The zero-order valence-corrected chi connectivity index (χ0v) is 17.8. The molecule has 31 heavy (non-hydrogen) atoms. The van der Waals surface area contributed by atoms with E-state index in [2.05, 4.69) is 15.6 Å². The minimum Gasteiger partial charge on any atom is -0.497 e. The second kappa shape index (κ2) is 9.92. The maximum atomic E-state index is 12.7. The minimum atomic E-state index is -0.728. The average molecular weight is 426 g/mol. The van der Waals surface area contributed by atoms with Gasteiger partial charge in [-0.2, -0.15) is 0 Å². The number of carbonyl (C=O) groups excluding carboxylic acids is 3. The Morgan fingerprint density at radius 3 is 2.61 bits per heavy atom. The number of amides is 3. The summed E-state index contributed by atoms with van der Waals surface area (Å²) in [4.78, 5) is 43.0. The zero-order valence-electron chi connectivity index (χ0n) is 17.8. The molecule has 2 heterocycles. The van der Waals surface area contributed by atoms with Gasteiger partial charge < -0.3 is 25.0 Å². The van der Waals surface area contributed by atoms with Crippen LogP contribution in [0.2, 0.25) is 0 Å². The lowest BCUT2D eigenvalue weighted by atomic mass is 10.1. The first kappa shape index (κ1) is 22.1. The summed E-state index contributed by atoms with van der Waals surface area (Å²) >= 11 is 0. The van der Waals surface area contributed by atoms with Crippen LogP contribution in [-0.2, 0) is 20.9 Å². The third-order valence-corrected chi connectivity index (χ3v) is 5.14. The third kappa shape index (κ3) is 5.30. The maximum absolute atomic E-state index is 12.7. The number of nitrogens with one attached hydrogen (secondary N) is 2. The number of pyridine rings is 1. The van der Waals surface area contributed by atoms with Gasteiger partial charge in [0.05, 0.1) is 25.8 Å². The maximum Gasteiger partial charge on any atom is 0.242 e. The van der Waals surface area contributed by atoms with Crippen LogP contribution in [0.5, 0.6) is 11.5 Å². The Kier molecular flexibility index (Phi) is 7.07. The fourth-order valence-electron chi connectivity index (χ4n) is 3.36. The number of methoxy groups -OCH3 is 2. The summed E-state index contributed by atoms with van der Waals surface area (Å²) in [5.74, 6) is -0.294. The molecule has 0 aliphatic carbocycles. The van der Waals surface area contributed by atoms with Gasteiger partial charge in [0.25, 0.3) is 0 Å². The average Bonchev–Trinajstić information content (AvgIpc) is 3.19. The highest BCUT2D eigenvalue weighted by Gasteiger charge is 2.37. The predicted octanol–water partition coefficient (Wildman–Crippen LogP) is 1.27. The van der Waals surface area contributed by atoms with Crippen molar-refractivity contribution in [3.05, 3.63) is 48.3 Å². The number of carbonyl (C=O) groups is 3. The number of benzene rings is 1. The van der Waals surface area contributed by atoms with Crippen molar-refractivity contribution < 1.29 is 23.9 Å². The van der Waals surface area contributed by atoms with E-state index in [0.717, 1.165) is 5.56 Å². The third-order valence-electron chi connectivity index (χ3n) is 5.14. The van der Waals surface area contributed by atoms with Crippen LogP contribution in [0.3, 0.4) is 0 Å². The van der Waals surface area contributed by atoms with Crippen molar-refractivity contribution in [3.8, 4) is 11.5 Å². The molecule has 1 saturated heterocycles. The normalized spacial score (nSPS) is 16.5. The van der Waals surface area contributed by atoms with E-state index in [1.54, 1.807) is 56.8 Å². The van der Waals surface area contributed by atoms with Crippen LogP contribution in [0.15, 0.2) is 42.7 Å². The van der Waals surface area contributed by atoms with E-state index in [1.165, 1.54) is 12.0 Å². The molecule has 0 spiro atoms. The first-order valence-corrected chi connectivity index (χ1v) is 9.92. The van der Waals surface area contributed by atoms with Crippen LogP contribution in [0.4, 0.5) is 5.69 Å². The van der Waals surface area contributed by atoms with Gasteiger partial charge in [-0.25, -0.2) is 0 Å². The molecule has 1 aromatic carbocycles. The van der Waals surface area contributed by atoms with Gasteiger partial charge in [0.1, 0.15) is 17.5 Å². The molecule has 3 rings (SSSR count). The lowest BCUT2D eigenvalue weighted by Gasteiger charge is -2.20. The van der Waals surface area contributed by atoms with E-state index in [-0.39, 0.29) is 30.7 Å². The van der Waals surface area contributed by atoms with Crippen LogP contribution >= 0.6 is 0 Å². The first-order chi connectivity index (χ1) is 14.9. The van der Waals surface area contributed by atoms with Crippen LogP contribution in [0.1, 0.15) is 18.9 Å². The molecule has 9 nitrogen and oxygen atoms in total. The lowest BCUT2D eigenvalue weighted by molar-refractivity contribution is -0.131. The summed E-state index contributed by atoms with van der Waals surface area (Å²) in [6.45, 7) is 2.16. The molecule has 0 radical (unpaired) electrons. The molecule has 2 atom stereocenters. The summed E-state index contributed by atoms with van der Waals surface area (Å²) in [6.07, 6.45) is 3.35. The number of nitrogens with zero attached hydrogens (tertiary/aromatic N) is 2. The molecule has 2 unspecified atom stereocenters. The summed E-state index contributed by atoms with van der Waals surface area (Å²) in [5.41, 5.74) is 1.49. The van der Waals surface area contributed by atoms with Crippen LogP contribution < -0.4 is 25.0 Å². The second-order valence-electron chi connectivity index (χ2n) is 7.25. The van der Waals surface area contributed by atoms with Crippen molar-refractivity contribution in [3.63, 3.8) is 0 Å². The highest BCUT2D eigenvalue weighted by Crippen LogP contribution is 2.35. The lowest BCUT2D eigenvalue weighted by Crippen LogP contribution is -2.47. The van der Waals surface area contributed by atoms with Crippen LogP contribution in [0.25, 0.3) is 0 Å². The number of ether oxygens (including phenoxy) is 2. The van der Waals surface area contributed by atoms with Gasteiger partial charge in [-0.15, -0.1) is 0 Å². The highest BCUT2D eigenvalue weighted by atomic mass is 16.5. The molecule has 9 heteroatoms. The minimum absolute atomic E-state index is 0.0619. The van der Waals surface area contributed by atoms with E-state index < -0.39 is 12.0 Å². The first-order valence-electron chi connectivity index (χ1n) is 9.92. The molecule has 2 aromatic rings. The number of rotatable bonds is 8. The smallest absolute Gasteiger partial charge is 0.242 e. The van der Waals surface area contributed by atoms with Crippen molar-refractivity contribution >= 4 is 23.4 Å². The van der Waals surface area contributed by atoms with Gasteiger partial charge in [0.2, 0.25) is 17.7 Å². The molecular weight excluding hydrogens is 400 g/mol. The van der Waals surface area contributed by atoms with E-state index >= 15 is 0 Å². The second-order valence-corrected chi connectivity index (χ2v) is 7.25. The molecule has 1 aromatic heterocycles. The van der Waals surface area contributed by atoms with Crippen molar-refractivity contribution in [1.29, 1.82) is 0 Å². The standard InChI is InChI=1S/C22H26N4O5/c1-14(21(28)24-12-15-6-8-23-9-7-15)25-22(29)16-10-20(27)26(13-16)18-5-4-17(30-2)11-19(18)31-3/h4-9,11,14,16H,10,12-13H2,1-3H3,(H,24,28)(H,25,29). The molecule has 2 N–H and O–H groups in total. The molecular formula is C22H26N4O5. The summed E-state index contributed by atoms with van der Waals surface area (Å²) in [5, 5.41) is 5.48. The van der Waals surface area contributed by atoms with E-state index in [1.807, 2.05) is 0 Å². The van der Waals surface area contributed by atoms with Gasteiger partial charge in [0.15, 0.2) is 0 Å².